The summed E-state index contributed by atoms with van der Waals surface area (Å²) in [5, 5.41) is 9.35. The molecule has 2 rings (SSSR count). The molecule has 0 amide bonds. The number of halogens is 2. The summed E-state index contributed by atoms with van der Waals surface area (Å²) in [6, 6.07) is 0. The summed E-state index contributed by atoms with van der Waals surface area (Å²) in [4.78, 5) is 0. The normalized spacial score (nSPS) is 45.7. The van der Waals surface area contributed by atoms with Gasteiger partial charge in [-0.15, -0.1) is 6.58 Å². The molecule has 4 unspecified atom stereocenters. The van der Waals surface area contributed by atoms with E-state index in [1.54, 1.807) is 0 Å². The molecule has 2 aliphatic rings. The number of allylic oxidation sites excluding steroid dienone is 1. The quantitative estimate of drug-likeness (QED) is 0.763. The third kappa shape index (κ3) is 2.93. The van der Waals surface area contributed by atoms with Gasteiger partial charge in [0.15, 0.2) is 6.17 Å². The standard InChI is InChI=1S/C15H24F2O/c1-2-3-10-4-6-11(7-5-10)12-8-9-13(18)15(17)14(12)16/h2,10-15,18H,1,3-9H2. The molecule has 2 saturated carbocycles. The Morgan fingerprint density at radius 2 is 1.67 bits per heavy atom. The molecule has 0 saturated heterocycles. The van der Waals surface area contributed by atoms with E-state index in [0.717, 1.165) is 32.1 Å². The highest BCUT2D eigenvalue weighted by Crippen LogP contribution is 2.42. The molecule has 104 valence electrons. The largest absolute Gasteiger partial charge is 0.390 e. The highest BCUT2D eigenvalue weighted by molar-refractivity contribution is 4.92. The van der Waals surface area contributed by atoms with Gasteiger partial charge in [-0.05, 0) is 62.7 Å². The number of alkyl halides is 2. The number of hydrogen-bond acceptors (Lipinski definition) is 1. The topological polar surface area (TPSA) is 20.2 Å². The molecule has 0 aromatic heterocycles. The lowest BCUT2D eigenvalue weighted by atomic mass is 9.69. The number of aliphatic hydroxyl groups excluding tert-OH is 1. The molecule has 0 aromatic carbocycles. The predicted octanol–water partition coefficient (Wildman–Crippen LogP) is 3.82. The molecule has 4 atom stereocenters. The SMILES string of the molecule is C=CCC1CCC(C2CCC(O)C(F)C2F)CC1. The Morgan fingerprint density at radius 1 is 1.00 bits per heavy atom. The van der Waals surface area contributed by atoms with Crippen molar-refractivity contribution in [2.24, 2.45) is 17.8 Å². The van der Waals surface area contributed by atoms with E-state index in [4.69, 9.17) is 0 Å². The molecule has 1 N–H and O–H groups in total. The fraction of sp³-hybridized carbons (Fsp3) is 0.867. The van der Waals surface area contributed by atoms with Gasteiger partial charge in [0.1, 0.15) is 6.17 Å². The monoisotopic (exact) mass is 258 g/mol. The van der Waals surface area contributed by atoms with Crippen LogP contribution in [0.2, 0.25) is 0 Å². The maximum atomic E-state index is 14.0. The minimum absolute atomic E-state index is 0.173. The van der Waals surface area contributed by atoms with Crippen molar-refractivity contribution in [2.75, 3.05) is 0 Å². The van der Waals surface area contributed by atoms with Crippen LogP contribution >= 0.6 is 0 Å². The molecule has 18 heavy (non-hydrogen) atoms. The van der Waals surface area contributed by atoms with Gasteiger partial charge in [0.25, 0.3) is 0 Å². The lowest BCUT2D eigenvalue weighted by molar-refractivity contribution is -0.0546. The fourth-order valence-corrected chi connectivity index (χ4v) is 3.71. The summed E-state index contributed by atoms with van der Waals surface area (Å²) < 4.78 is 27.5. The summed E-state index contributed by atoms with van der Waals surface area (Å²) in [7, 11) is 0. The van der Waals surface area contributed by atoms with Crippen LogP contribution in [-0.2, 0) is 0 Å². The number of aliphatic hydroxyl groups is 1. The molecule has 0 radical (unpaired) electrons. The van der Waals surface area contributed by atoms with Gasteiger partial charge in [-0.25, -0.2) is 8.78 Å². The smallest absolute Gasteiger partial charge is 0.157 e. The van der Waals surface area contributed by atoms with Crippen LogP contribution < -0.4 is 0 Å². The first kappa shape index (κ1) is 14.0. The van der Waals surface area contributed by atoms with E-state index in [9.17, 15) is 13.9 Å². The average Bonchev–Trinajstić information content (AvgIpc) is 2.38. The summed E-state index contributed by atoms with van der Waals surface area (Å²) in [6.45, 7) is 3.76. The summed E-state index contributed by atoms with van der Waals surface area (Å²) in [6.07, 6.45) is 4.06. The van der Waals surface area contributed by atoms with Gasteiger partial charge in [-0.1, -0.05) is 6.08 Å². The number of hydrogen-bond donors (Lipinski definition) is 1. The summed E-state index contributed by atoms with van der Waals surface area (Å²) in [5.41, 5.74) is 0. The van der Waals surface area contributed by atoms with E-state index >= 15 is 0 Å². The Balaban J connectivity index is 1.87. The van der Waals surface area contributed by atoms with E-state index < -0.39 is 18.4 Å². The third-order valence-corrected chi connectivity index (χ3v) is 4.87. The Labute approximate surface area is 108 Å². The van der Waals surface area contributed by atoms with Crippen molar-refractivity contribution in [2.45, 2.75) is 63.4 Å². The molecule has 0 heterocycles. The third-order valence-electron chi connectivity index (χ3n) is 4.87. The maximum Gasteiger partial charge on any atom is 0.157 e. The van der Waals surface area contributed by atoms with Crippen LogP contribution in [0.5, 0.6) is 0 Å². The summed E-state index contributed by atoms with van der Waals surface area (Å²) in [5.74, 6) is 0.826. The van der Waals surface area contributed by atoms with E-state index in [0.29, 0.717) is 24.7 Å². The van der Waals surface area contributed by atoms with Gasteiger partial charge in [0.2, 0.25) is 0 Å². The van der Waals surface area contributed by atoms with Crippen LogP contribution in [0.15, 0.2) is 12.7 Å². The van der Waals surface area contributed by atoms with Crippen LogP contribution in [0.4, 0.5) is 8.78 Å². The van der Waals surface area contributed by atoms with Gasteiger partial charge >= 0.3 is 0 Å². The van der Waals surface area contributed by atoms with Crippen molar-refractivity contribution in [1.29, 1.82) is 0 Å². The molecule has 0 spiro atoms. The molecular weight excluding hydrogens is 234 g/mol. The van der Waals surface area contributed by atoms with E-state index in [2.05, 4.69) is 6.58 Å². The molecule has 2 aliphatic carbocycles. The highest BCUT2D eigenvalue weighted by Gasteiger charge is 2.43. The zero-order valence-corrected chi connectivity index (χ0v) is 10.9. The van der Waals surface area contributed by atoms with E-state index in [-0.39, 0.29) is 5.92 Å². The van der Waals surface area contributed by atoms with Gasteiger partial charge in [-0.2, -0.15) is 0 Å². The first-order chi connectivity index (χ1) is 8.63. The molecule has 2 fully saturated rings. The second-order valence-corrected chi connectivity index (χ2v) is 6.00. The van der Waals surface area contributed by atoms with Crippen molar-refractivity contribution in [3.63, 3.8) is 0 Å². The zero-order valence-electron chi connectivity index (χ0n) is 10.9. The first-order valence-electron chi connectivity index (χ1n) is 7.20. The van der Waals surface area contributed by atoms with E-state index in [1.165, 1.54) is 0 Å². The fourth-order valence-electron chi connectivity index (χ4n) is 3.71. The lowest BCUT2D eigenvalue weighted by Gasteiger charge is -2.40. The van der Waals surface area contributed by atoms with Gasteiger partial charge in [0, 0.05) is 0 Å². The first-order valence-corrected chi connectivity index (χ1v) is 7.20. The average molecular weight is 258 g/mol. The molecule has 1 nitrogen and oxygen atoms in total. The zero-order chi connectivity index (χ0) is 13.1. The Kier molecular flexibility index (Phi) is 4.77. The van der Waals surface area contributed by atoms with E-state index in [1.807, 2.05) is 6.08 Å². The molecule has 3 heteroatoms. The Morgan fingerprint density at radius 3 is 2.28 bits per heavy atom. The lowest BCUT2D eigenvalue weighted by Crippen LogP contribution is -2.44. The minimum atomic E-state index is -1.67. The molecule has 0 bridgehead atoms. The predicted molar refractivity (Wildman–Crippen MR) is 68.8 cm³/mol. The number of rotatable bonds is 3. The minimum Gasteiger partial charge on any atom is -0.390 e. The molecule has 0 aromatic rings. The van der Waals surface area contributed by atoms with Gasteiger partial charge < -0.3 is 5.11 Å². The maximum absolute atomic E-state index is 14.0. The van der Waals surface area contributed by atoms with Crippen molar-refractivity contribution in [1.82, 2.24) is 0 Å². The van der Waals surface area contributed by atoms with Gasteiger partial charge in [0.05, 0.1) is 6.10 Å². The van der Waals surface area contributed by atoms with Crippen LogP contribution in [0, 0.1) is 17.8 Å². The molecular formula is C15H24F2O. The van der Waals surface area contributed by atoms with Gasteiger partial charge in [-0.3, -0.25) is 0 Å². The Hall–Kier alpha value is -0.440. The van der Waals surface area contributed by atoms with Crippen LogP contribution in [0.25, 0.3) is 0 Å². The van der Waals surface area contributed by atoms with Crippen LogP contribution in [0.1, 0.15) is 44.9 Å². The van der Waals surface area contributed by atoms with Crippen LogP contribution in [-0.4, -0.2) is 23.6 Å². The Bertz CT molecular complexity index is 274. The van der Waals surface area contributed by atoms with Crippen molar-refractivity contribution < 1.29 is 13.9 Å². The second kappa shape index (κ2) is 6.14. The highest BCUT2D eigenvalue weighted by atomic mass is 19.2. The van der Waals surface area contributed by atoms with Crippen molar-refractivity contribution in [3.8, 4) is 0 Å². The van der Waals surface area contributed by atoms with Crippen molar-refractivity contribution >= 4 is 0 Å². The van der Waals surface area contributed by atoms with Crippen molar-refractivity contribution in [3.05, 3.63) is 12.7 Å². The molecule has 0 aliphatic heterocycles. The van der Waals surface area contributed by atoms with Crippen LogP contribution in [0.3, 0.4) is 0 Å². The second-order valence-electron chi connectivity index (χ2n) is 6.00. The summed E-state index contributed by atoms with van der Waals surface area (Å²) >= 11 is 0.